The summed E-state index contributed by atoms with van der Waals surface area (Å²) >= 11 is 1.63. The highest BCUT2D eigenvalue weighted by Gasteiger charge is 2.29. The summed E-state index contributed by atoms with van der Waals surface area (Å²) in [7, 11) is 1.46. The first kappa shape index (κ1) is 11.5. The first-order chi connectivity index (χ1) is 7.81. The summed E-state index contributed by atoms with van der Waals surface area (Å²) in [5.74, 6) is -0.115. The van der Waals surface area contributed by atoms with E-state index in [1.807, 2.05) is 5.38 Å². The van der Waals surface area contributed by atoms with Gasteiger partial charge in [-0.2, -0.15) is 0 Å². The van der Waals surface area contributed by atoms with Gasteiger partial charge in [0.15, 0.2) is 0 Å². The van der Waals surface area contributed by atoms with Crippen LogP contribution in [0.2, 0.25) is 0 Å². The second-order valence-electron chi connectivity index (χ2n) is 3.93. The fourth-order valence-corrected chi connectivity index (χ4v) is 2.73. The van der Waals surface area contributed by atoms with E-state index >= 15 is 0 Å². The van der Waals surface area contributed by atoms with Gasteiger partial charge in [0.25, 0.3) is 0 Å². The van der Waals surface area contributed by atoms with Crippen molar-refractivity contribution in [3.8, 4) is 0 Å². The van der Waals surface area contributed by atoms with Gasteiger partial charge in [-0.05, 0) is 19.4 Å². The number of piperidine rings is 1. The van der Waals surface area contributed by atoms with E-state index in [-0.39, 0.29) is 12.0 Å². The molecule has 0 spiro atoms. The fourth-order valence-electron chi connectivity index (χ4n) is 2.09. The van der Waals surface area contributed by atoms with Crippen LogP contribution in [0.1, 0.15) is 24.3 Å². The number of aromatic nitrogens is 1. The Bertz CT molecular complexity index is 340. The molecule has 0 amide bonds. The van der Waals surface area contributed by atoms with Crippen LogP contribution in [0.3, 0.4) is 0 Å². The normalized spacial score (nSPS) is 21.9. The number of ether oxygens (including phenoxy) is 1. The Morgan fingerprint density at radius 1 is 1.69 bits per heavy atom. The molecular formula is C11H16N2O2S. The third-order valence-corrected chi connectivity index (χ3v) is 3.67. The van der Waals surface area contributed by atoms with Crippen molar-refractivity contribution in [2.45, 2.75) is 31.8 Å². The van der Waals surface area contributed by atoms with Crippen molar-refractivity contribution < 1.29 is 9.53 Å². The van der Waals surface area contributed by atoms with E-state index < -0.39 is 0 Å². The van der Waals surface area contributed by atoms with Gasteiger partial charge in [0, 0.05) is 11.6 Å². The van der Waals surface area contributed by atoms with E-state index in [1.165, 1.54) is 7.11 Å². The second kappa shape index (κ2) is 5.41. The molecule has 1 aromatic rings. The predicted octanol–water partition coefficient (Wildman–Crippen LogP) is 1.67. The molecule has 1 saturated heterocycles. The number of thiazole rings is 1. The van der Waals surface area contributed by atoms with Gasteiger partial charge in [-0.1, -0.05) is 6.42 Å². The van der Waals surface area contributed by atoms with Crippen molar-refractivity contribution in [3.63, 3.8) is 0 Å². The molecule has 0 aromatic carbocycles. The molecule has 16 heavy (non-hydrogen) atoms. The van der Waals surface area contributed by atoms with Crippen LogP contribution in [0.25, 0.3) is 0 Å². The number of carbonyl (C=O) groups excluding carboxylic acids is 1. The standard InChI is InChI=1S/C11H16N2O2S/c1-15-11(14)9-4-2-3-6-13(9)8-10-12-5-7-16-10/h5,7,9H,2-4,6,8H2,1H3/t9-/m1/s1. The number of hydrogen-bond donors (Lipinski definition) is 0. The van der Waals surface area contributed by atoms with Crippen LogP contribution in [0.15, 0.2) is 11.6 Å². The van der Waals surface area contributed by atoms with Gasteiger partial charge >= 0.3 is 5.97 Å². The summed E-state index contributed by atoms with van der Waals surface area (Å²) in [5.41, 5.74) is 0. The molecule has 0 aliphatic carbocycles. The molecular weight excluding hydrogens is 224 g/mol. The summed E-state index contributed by atoms with van der Waals surface area (Å²) in [5, 5.41) is 3.03. The maximum absolute atomic E-state index is 11.6. The number of hydrogen-bond acceptors (Lipinski definition) is 5. The van der Waals surface area contributed by atoms with Crippen molar-refractivity contribution in [1.82, 2.24) is 9.88 Å². The number of methoxy groups -OCH3 is 1. The Morgan fingerprint density at radius 2 is 2.56 bits per heavy atom. The van der Waals surface area contributed by atoms with E-state index in [2.05, 4.69) is 9.88 Å². The molecule has 5 heteroatoms. The average molecular weight is 240 g/mol. The van der Waals surface area contributed by atoms with Crippen molar-refractivity contribution in [3.05, 3.63) is 16.6 Å². The lowest BCUT2D eigenvalue weighted by molar-refractivity contribution is -0.148. The molecule has 0 saturated carbocycles. The molecule has 0 bridgehead atoms. The van der Waals surface area contributed by atoms with Crippen LogP contribution in [0.4, 0.5) is 0 Å². The summed E-state index contributed by atoms with van der Waals surface area (Å²) in [6.45, 7) is 1.72. The molecule has 1 aliphatic heterocycles. The molecule has 0 radical (unpaired) electrons. The SMILES string of the molecule is COC(=O)[C@H]1CCCCN1Cc1nccs1. The van der Waals surface area contributed by atoms with Crippen molar-refractivity contribution >= 4 is 17.3 Å². The molecule has 0 N–H and O–H groups in total. The third-order valence-electron chi connectivity index (χ3n) is 2.91. The number of nitrogens with zero attached hydrogens (tertiary/aromatic N) is 2. The van der Waals surface area contributed by atoms with Gasteiger partial charge in [-0.3, -0.25) is 9.69 Å². The van der Waals surface area contributed by atoms with E-state index in [0.717, 1.165) is 37.4 Å². The average Bonchev–Trinajstić information content (AvgIpc) is 2.82. The van der Waals surface area contributed by atoms with Gasteiger partial charge in [-0.25, -0.2) is 4.98 Å². The lowest BCUT2D eigenvalue weighted by Gasteiger charge is -2.32. The minimum Gasteiger partial charge on any atom is -0.468 e. The Balaban J connectivity index is 2.02. The molecule has 1 aromatic heterocycles. The summed E-state index contributed by atoms with van der Waals surface area (Å²) in [6.07, 6.45) is 4.96. The third kappa shape index (κ3) is 2.59. The fraction of sp³-hybridized carbons (Fsp3) is 0.636. The molecule has 0 unspecified atom stereocenters. The minimum atomic E-state index is -0.115. The molecule has 4 nitrogen and oxygen atoms in total. The zero-order valence-corrected chi connectivity index (χ0v) is 10.2. The highest BCUT2D eigenvalue weighted by atomic mass is 32.1. The van der Waals surface area contributed by atoms with Gasteiger partial charge in [-0.15, -0.1) is 11.3 Å². The van der Waals surface area contributed by atoms with Crippen molar-refractivity contribution in [2.24, 2.45) is 0 Å². The van der Waals surface area contributed by atoms with Crippen LogP contribution in [-0.2, 0) is 16.1 Å². The Labute approximate surface area is 99.2 Å². The van der Waals surface area contributed by atoms with Gasteiger partial charge in [0.2, 0.25) is 0 Å². The largest absolute Gasteiger partial charge is 0.468 e. The maximum Gasteiger partial charge on any atom is 0.323 e. The summed E-state index contributed by atoms with van der Waals surface area (Å²) in [4.78, 5) is 18.1. The van der Waals surface area contributed by atoms with E-state index in [0.29, 0.717) is 0 Å². The van der Waals surface area contributed by atoms with Crippen LogP contribution in [0.5, 0.6) is 0 Å². The van der Waals surface area contributed by atoms with Crippen LogP contribution in [0, 0.1) is 0 Å². The lowest BCUT2D eigenvalue weighted by Crippen LogP contribution is -2.44. The topological polar surface area (TPSA) is 42.4 Å². The van der Waals surface area contributed by atoms with Gasteiger partial charge in [0.05, 0.1) is 13.7 Å². The highest BCUT2D eigenvalue weighted by molar-refractivity contribution is 7.09. The number of esters is 1. The van der Waals surface area contributed by atoms with Crippen LogP contribution >= 0.6 is 11.3 Å². The summed E-state index contributed by atoms with van der Waals surface area (Å²) in [6, 6.07) is -0.0809. The van der Waals surface area contributed by atoms with E-state index in [1.54, 1.807) is 17.5 Å². The van der Waals surface area contributed by atoms with Crippen LogP contribution in [-0.4, -0.2) is 35.5 Å². The maximum atomic E-state index is 11.6. The summed E-state index contributed by atoms with van der Waals surface area (Å²) < 4.78 is 4.84. The monoisotopic (exact) mass is 240 g/mol. The first-order valence-electron chi connectivity index (χ1n) is 5.51. The van der Waals surface area contributed by atoms with E-state index in [9.17, 15) is 4.79 Å². The highest BCUT2D eigenvalue weighted by Crippen LogP contribution is 2.21. The number of carbonyl (C=O) groups is 1. The number of likely N-dealkylation sites (tertiary alicyclic amines) is 1. The van der Waals surface area contributed by atoms with Crippen molar-refractivity contribution in [1.29, 1.82) is 0 Å². The Morgan fingerprint density at radius 3 is 3.25 bits per heavy atom. The molecule has 1 fully saturated rings. The molecule has 1 atom stereocenters. The molecule has 88 valence electrons. The lowest BCUT2D eigenvalue weighted by atomic mass is 10.0. The quantitative estimate of drug-likeness (QED) is 0.754. The minimum absolute atomic E-state index is 0.0809. The Hall–Kier alpha value is -0.940. The van der Waals surface area contributed by atoms with Gasteiger partial charge < -0.3 is 4.74 Å². The van der Waals surface area contributed by atoms with Crippen molar-refractivity contribution in [2.75, 3.05) is 13.7 Å². The molecule has 1 aliphatic rings. The predicted molar refractivity (Wildman–Crippen MR) is 62.2 cm³/mol. The van der Waals surface area contributed by atoms with Crippen LogP contribution < -0.4 is 0 Å². The second-order valence-corrected chi connectivity index (χ2v) is 4.91. The van der Waals surface area contributed by atoms with E-state index in [4.69, 9.17) is 4.74 Å². The molecule has 2 heterocycles. The number of rotatable bonds is 3. The first-order valence-corrected chi connectivity index (χ1v) is 6.39. The molecule has 2 rings (SSSR count). The van der Waals surface area contributed by atoms with Gasteiger partial charge in [0.1, 0.15) is 11.0 Å². The smallest absolute Gasteiger partial charge is 0.323 e. The Kier molecular flexibility index (Phi) is 3.90. The zero-order chi connectivity index (χ0) is 11.4. The zero-order valence-electron chi connectivity index (χ0n) is 9.39.